The molecule has 1 fully saturated rings. The number of ether oxygens (including phenoxy) is 1. The molecular weight excluding hydrogens is 230 g/mol. The summed E-state index contributed by atoms with van der Waals surface area (Å²) in [4.78, 5) is 0. The summed E-state index contributed by atoms with van der Waals surface area (Å²) in [6.45, 7) is 2.20. The van der Waals surface area contributed by atoms with Gasteiger partial charge < -0.3 is 10.5 Å². The van der Waals surface area contributed by atoms with Gasteiger partial charge in [-0.2, -0.15) is 17.4 Å². The highest BCUT2D eigenvalue weighted by Crippen LogP contribution is 2.08. The SMILES string of the molecule is CN(CCCN)S(=O)(=O)NC1CCOCC1. The van der Waals surface area contributed by atoms with Crippen LogP contribution < -0.4 is 10.5 Å². The van der Waals surface area contributed by atoms with E-state index in [0.717, 1.165) is 12.8 Å². The van der Waals surface area contributed by atoms with E-state index in [4.69, 9.17) is 10.5 Å². The lowest BCUT2D eigenvalue weighted by Crippen LogP contribution is -2.46. The van der Waals surface area contributed by atoms with Crippen molar-refractivity contribution in [2.45, 2.75) is 25.3 Å². The van der Waals surface area contributed by atoms with Crippen LogP contribution in [0.1, 0.15) is 19.3 Å². The summed E-state index contributed by atoms with van der Waals surface area (Å²) in [5.74, 6) is 0. The van der Waals surface area contributed by atoms with Crippen molar-refractivity contribution in [1.82, 2.24) is 9.03 Å². The molecule has 0 aromatic carbocycles. The molecule has 0 amide bonds. The Morgan fingerprint density at radius 3 is 2.62 bits per heavy atom. The van der Waals surface area contributed by atoms with Crippen molar-refractivity contribution in [2.24, 2.45) is 5.73 Å². The minimum atomic E-state index is -3.36. The molecule has 3 N–H and O–H groups in total. The number of hydrogen-bond donors (Lipinski definition) is 2. The summed E-state index contributed by atoms with van der Waals surface area (Å²) >= 11 is 0. The molecule has 1 aliphatic rings. The van der Waals surface area contributed by atoms with Gasteiger partial charge in [0.05, 0.1) is 0 Å². The molecule has 0 aromatic heterocycles. The molecule has 1 saturated heterocycles. The zero-order chi connectivity index (χ0) is 12.0. The van der Waals surface area contributed by atoms with Crippen LogP contribution in [0.5, 0.6) is 0 Å². The zero-order valence-corrected chi connectivity index (χ0v) is 10.5. The van der Waals surface area contributed by atoms with Crippen molar-refractivity contribution in [1.29, 1.82) is 0 Å². The number of hydrogen-bond acceptors (Lipinski definition) is 4. The fourth-order valence-electron chi connectivity index (χ4n) is 1.55. The van der Waals surface area contributed by atoms with Crippen molar-refractivity contribution >= 4 is 10.2 Å². The van der Waals surface area contributed by atoms with Crippen LogP contribution in [0.2, 0.25) is 0 Å². The Bertz CT molecular complexity index is 288. The number of nitrogens with one attached hydrogen (secondary N) is 1. The van der Waals surface area contributed by atoms with E-state index in [1.807, 2.05) is 0 Å². The number of nitrogens with two attached hydrogens (primary N) is 1. The Morgan fingerprint density at radius 2 is 2.06 bits per heavy atom. The molecule has 0 aliphatic carbocycles. The summed E-state index contributed by atoms with van der Waals surface area (Å²) in [5, 5.41) is 0. The van der Waals surface area contributed by atoms with Crippen molar-refractivity contribution in [3.05, 3.63) is 0 Å². The Labute approximate surface area is 97.3 Å². The van der Waals surface area contributed by atoms with Crippen LogP contribution in [0.3, 0.4) is 0 Å². The van der Waals surface area contributed by atoms with Gasteiger partial charge in [-0.1, -0.05) is 0 Å². The van der Waals surface area contributed by atoms with E-state index < -0.39 is 10.2 Å². The van der Waals surface area contributed by atoms with Crippen LogP contribution in [0, 0.1) is 0 Å². The van der Waals surface area contributed by atoms with Crippen LogP contribution in [0.4, 0.5) is 0 Å². The summed E-state index contributed by atoms with van der Waals surface area (Å²) in [6.07, 6.45) is 2.15. The van der Waals surface area contributed by atoms with Crippen LogP contribution in [0.25, 0.3) is 0 Å². The molecule has 7 heteroatoms. The van der Waals surface area contributed by atoms with Gasteiger partial charge in [0.2, 0.25) is 0 Å². The molecule has 96 valence electrons. The summed E-state index contributed by atoms with van der Waals surface area (Å²) < 4.78 is 32.8. The second kappa shape index (κ2) is 6.51. The lowest BCUT2D eigenvalue weighted by atomic mass is 10.1. The third-order valence-corrected chi connectivity index (χ3v) is 4.26. The smallest absolute Gasteiger partial charge is 0.279 e. The first-order valence-electron chi connectivity index (χ1n) is 5.57. The van der Waals surface area contributed by atoms with E-state index >= 15 is 0 Å². The maximum atomic E-state index is 11.8. The molecule has 0 bridgehead atoms. The predicted octanol–water partition coefficient (Wildman–Crippen LogP) is -0.720. The first-order chi connectivity index (χ1) is 7.56. The van der Waals surface area contributed by atoms with E-state index in [1.54, 1.807) is 7.05 Å². The summed E-state index contributed by atoms with van der Waals surface area (Å²) in [5.41, 5.74) is 5.35. The van der Waals surface area contributed by atoms with Crippen LogP contribution >= 0.6 is 0 Å². The van der Waals surface area contributed by atoms with E-state index in [9.17, 15) is 8.42 Å². The molecule has 1 heterocycles. The monoisotopic (exact) mass is 251 g/mol. The van der Waals surface area contributed by atoms with Gasteiger partial charge in [-0.15, -0.1) is 0 Å². The first-order valence-corrected chi connectivity index (χ1v) is 7.01. The van der Waals surface area contributed by atoms with Crippen molar-refractivity contribution in [3.8, 4) is 0 Å². The maximum absolute atomic E-state index is 11.8. The standard InChI is InChI=1S/C9H21N3O3S/c1-12(6-2-5-10)16(13,14)11-9-3-7-15-8-4-9/h9,11H,2-8,10H2,1H3. The minimum absolute atomic E-state index is 0.000855. The molecule has 0 aromatic rings. The van der Waals surface area contributed by atoms with Crippen LogP contribution in [0.15, 0.2) is 0 Å². The van der Waals surface area contributed by atoms with E-state index in [-0.39, 0.29) is 6.04 Å². The van der Waals surface area contributed by atoms with E-state index in [2.05, 4.69) is 4.72 Å². The molecule has 0 atom stereocenters. The molecule has 0 spiro atoms. The predicted molar refractivity (Wildman–Crippen MR) is 62.2 cm³/mol. The molecule has 0 saturated carbocycles. The number of nitrogens with zero attached hydrogens (tertiary/aromatic N) is 1. The highest BCUT2D eigenvalue weighted by atomic mass is 32.2. The Morgan fingerprint density at radius 1 is 1.44 bits per heavy atom. The zero-order valence-electron chi connectivity index (χ0n) is 9.68. The van der Waals surface area contributed by atoms with E-state index in [1.165, 1.54) is 4.31 Å². The molecule has 1 rings (SSSR count). The van der Waals surface area contributed by atoms with Crippen molar-refractivity contribution in [3.63, 3.8) is 0 Å². The van der Waals surface area contributed by atoms with Gasteiger partial charge in [-0.25, -0.2) is 0 Å². The maximum Gasteiger partial charge on any atom is 0.279 e. The lowest BCUT2D eigenvalue weighted by molar-refractivity contribution is 0.0828. The fraction of sp³-hybridized carbons (Fsp3) is 1.00. The molecule has 1 aliphatic heterocycles. The van der Waals surface area contributed by atoms with Gasteiger partial charge in [0, 0.05) is 32.8 Å². The average molecular weight is 251 g/mol. The first kappa shape index (κ1) is 13.9. The molecular formula is C9H21N3O3S. The Kier molecular flexibility index (Phi) is 5.63. The van der Waals surface area contributed by atoms with Gasteiger partial charge in [0.25, 0.3) is 10.2 Å². The topological polar surface area (TPSA) is 84.7 Å². The second-order valence-corrected chi connectivity index (χ2v) is 5.78. The fourth-order valence-corrected chi connectivity index (χ4v) is 2.76. The second-order valence-electron chi connectivity index (χ2n) is 3.97. The third-order valence-electron chi connectivity index (χ3n) is 2.62. The number of rotatable bonds is 6. The molecule has 6 nitrogen and oxygen atoms in total. The quantitative estimate of drug-likeness (QED) is 0.652. The normalized spacial score (nSPS) is 19.2. The Hall–Kier alpha value is -0.210. The molecule has 16 heavy (non-hydrogen) atoms. The van der Waals surface area contributed by atoms with Crippen molar-refractivity contribution < 1.29 is 13.2 Å². The van der Waals surface area contributed by atoms with Gasteiger partial charge in [0.15, 0.2) is 0 Å². The molecule has 0 unspecified atom stereocenters. The summed E-state index contributed by atoms with van der Waals surface area (Å²) in [7, 11) is -1.79. The van der Waals surface area contributed by atoms with Gasteiger partial charge >= 0.3 is 0 Å². The summed E-state index contributed by atoms with van der Waals surface area (Å²) in [6, 6.07) is -0.000855. The van der Waals surface area contributed by atoms with Crippen LogP contribution in [-0.4, -0.2) is 52.1 Å². The highest BCUT2D eigenvalue weighted by molar-refractivity contribution is 7.87. The Balaban J connectivity index is 2.42. The van der Waals surface area contributed by atoms with Crippen molar-refractivity contribution in [2.75, 3.05) is 33.4 Å². The van der Waals surface area contributed by atoms with E-state index in [0.29, 0.717) is 32.7 Å². The van der Waals surface area contributed by atoms with Crippen LogP contribution in [-0.2, 0) is 14.9 Å². The minimum Gasteiger partial charge on any atom is -0.381 e. The highest BCUT2D eigenvalue weighted by Gasteiger charge is 2.23. The van der Waals surface area contributed by atoms with Gasteiger partial charge in [-0.3, -0.25) is 0 Å². The lowest BCUT2D eigenvalue weighted by Gasteiger charge is -2.25. The molecule has 0 radical (unpaired) electrons. The van der Waals surface area contributed by atoms with Gasteiger partial charge in [-0.05, 0) is 25.8 Å². The van der Waals surface area contributed by atoms with Gasteiger partial charge in [0.1, 0.15) is 0 Å². The largest absolute Gasteiger partial charge is 0.381 e. The average Bonchev–Trinajstić information content (AvgIpc) is 2.26. The third kappa shape index (κ3) is 4.34.